The van der Waals surface area contributed by atoms with Crippen LogP contribution in [0.3, 0.4) is 0 Å². The van der Waals surface area contributed by atoms with Crippen LogP contribution in [0, 0.1) is 13.8 Å². The molecule has 0 aliphatic heterocycles. The number of carbonyl (C=O) groups is 1. The van der Waals surface area contributed by atoms with Crippen molar-refractivity contribution >= 4 is 12.0 Å². The van der Waals surface area contributed by atoms with Crippen LogP contribution >= 0.6 is 0 Å². The second-order valence-corrected chi connectivity index (χ2v) is 4.95. The molecule has 23 heavy (non-hydrogen) atoms. The van der Waals surface area contributed by atoms with E-state index in [1.165, 1.54) is 6.08 Å². The van der Waals surface area contributed by atoms with Crippen molar-refractivity contribution in [2.24, 2.45) is 0 Å². The summed E-state index contributed by atoms with van der Waals surface area (Å²) in [7, 11) is 3.16. The van der Waals surface area contributed by atoms with E-state index in [2.05, 4.69) is 10.5 Å². The summed E-state index contributed by atoms with van der Waals surface area (Å²) >= 11 is 0. The first-order chi connectivity index (χ1) is 11.0. The zero-order valence-corrected chi connectivity index (χ0v) is 13.7. The maximum atomic E-state index is 11.2. The third-order valence-corrected chi connectivity index (χ3v) is 3.41. The molecule has 0 unspecified atom stereocenters. The number of benzene rings is 1. The van der Waals surface area contributed by atoms with E-state index in [1.54, 1.807) is 26.3 Å². The number of rotatable bonds is 6. The summed E-state index contributed by atoms with van der Waals surface area (Å²) in [5.74, 6) is 1.79. The number of nitrogens with zero attached hydrogens (tertiary/aromatic N) is 1. The molecular weight excluding hydrogens is 296 g/mol. The van der Waals surface area contributed by atoms with Gasteiger partial charge in [0.2, 0.25) is 5.91 Å². The van der Waals surface area contributed by atoms with Gasteiger partial charge in [-0.1, -0.05) is 11.2 Å². The monoisotopic (exact) mass is 316 g/mol. The molecule has 122 valence electrons. The fourth-order valence-electron chi connectivity index (χ4n) is 2.02. The Balaban J connectivity index is 2.13. The van der Waals surface area contributed by atoms with Crippen LogP contribution in [0.25, 0.3) is 6.08 Å². The molecule has 6 nitrogen and oxygen atoms in total. The van der Waals surface area contributed by atoms with E-state index in [0.29, 0.717) is 18.1 Å². The Bertz CT molecular complexity index is 700. The van der Waals surface area contributed by atoms with Crippen LogP contribution in [0.1, 0.15) is 22.6 Å². The highest BCUT2D eigenvalue weighted by Gasteiger charge is 2.11. The zero-order chi connectivity index (χ0) is 16.8. The molecule has 1 aromatic heterocycles. The van der Waals surface area contributed by atoms with E-state index in [9.17, 15) is 4.79 Å². The third kappa shape index (κ3) is 4.12. The van der Waals surface area contributed by atoms with Crippen LogP contribution in [0.4, 0.5) is 0 Å². The zero-order valence-electron chi connectivity index (χ0n) is 13.7. The van der Waals surface area contributed by atoms with Gasteiger partial charge in [-0.3, -0.25) is 4.79 Å². The lowest BCUT2D eigenvalue weighted by Crippen LogP contribution is -2.13. The minimum atomic E-state index is -0.164. The molecule has 1 N–H and O–H groups in total. The van der Waals surface area contributed by atoms with Crippen molar-refractivity contribution in [3.63, 3.8) is 0 Å². The molecule has 0 spiro atoms. The van der Waals surface area contributed by atoms with Gasteiger partial charge in [-0.25, -0.2) is 0 Å². The lowest BCUT2D eigenvalue weighted by atomic mass is 10.2. The predicted octanol–water partition coefficient (Wildman–Crippen LogP) is 2.64. The molecule has 0 saturated heterocycles. The average molecular weight is 316 g/mol. The van der Waals surface area contributed by atoms with Crippen LogP contribution in [0.2, 0.25) is 0 Å². The number of hydrogen-bond acceptors (Lipinski definition) is 5. The van der Waals surface area contributed by atoms with Gasteiger partial charge in [-0.05, 0) is 37.6 Å². The molecule has 0 aliphatic rings. The molecule has 6 heteroatoms. The van der Waals surface area contributed by atoms with Gasteiger partial charge in [-0.2, -0.15) is 0 Å². The molecule has 0 aliphatic carbocycles. The third-order valence-electron chi connectivity index (χ3n) is 3.41. The molecule has 1 amide bonds. The Kier molecular flexibility index (Phi) is 5.41. The van der Waals surface area contributed by atoms with Gasteiger partial charge in [0, 0.05) is 13.1 Å². The van der Waals surface area contributed by atoms with E-state index < -0.39 is 0 Å². The van der Waals surface area contributed by atoms with Crippen LogP contribution in [0.15, 0.2) is 28.8 Å². The molecular formula is C17H20N2O4. The van der Waals surface area contributed by atoms with Gasteiger partial charge in [-0.15, -0.1) is 0 Å². The summed E-state index contributed by atoms with van der Waals surface area (Å²) in [6.45, 7) is 4.08. The topological polar surface area (TPSA) is 73.6 Å². The number of aryl methyl sites for hydroxylation is 2. The van der Waals surface area contributed by atoms with Crippen molar-refractivity contribution in [1.82, 2.24) is 10.5 Å². The lowest BCUT2D eigenvalue weighted by molar-refractivity contribution is -0.115. The SMILES string of the molecule is CNC(=O)/C=C/c1ccc(OCc2c(C)noc2C)c(OC)c1. The number of methoxy groups -OCH3 is 1. The minimum absolute atomic E-state index is 0.164. The van der Waals surface area contributed by atoms with Gasteiger partial charge in [0.1, 0.15) is 12.4 Å². The van der Waals surface area contributed by atoms with Crippen molar-refractivity contribution in [2.75, 3.05) is 14.2 Å². The van der Waals surface area contributed by atoms with Crippen LogP contribution in [-0.4, -0.2) is 25.2 Å². The minimum Gasteiger partial charge on any atom is -0.493 e. The highest BCUT2D eigenvalue weighted by atomic mass is 16.5. The number of carbonyl (C=O) groups excluding carboxylic acids is 1. The average Bonchev–Trinajstić information content (AvgIpc) is 2.89. The summed E-state index contributed by atoms with van der Waals surface area (Å²) in [5, 5.41) is 6.43. The Labute approximate surface area is 135 Å². The van der Waals surface area contributed by atoms with Gasteiger partial charge < -0.3 is 19.3 Å². The Morgan fingerprint density at radius 3 is 2.74 bits per heavy atom. The molecule has 0 atom stereocenters. The van der Waals surface area contributed by atoms with Crippen molar-refractivity contribution in [1.29, 1.82) is 0 Å². The first-order valence-corrected chi connectivity index (χ1v) is 7.17. The van der Waals surface area contributed by atoms with Crippen LogP contribution in [0.5, 0.6) is 11.5 Å². The van der Waals surface area contributed by atoms with E-state index in [4.69, 9.17) is 14.0 Å². The fraction of sp³-hybridized carbons (Fsp3) is 0.294. The summed E-state index contributed by atoms with van der Waals surface area (Å²) in [4.78, 5) is 11.2. The van der Waals surface area contributed by atoms with E-state index >= 15 is 0 Å². The molecule has 0 saturated carbocycles. The second kappa shape index (κ2) is 7.49. The van der Waals surface area contributed by atoms with Crippen molar-refractivity contribution in [2.45, 2.75) is 20.5 Å². The second-order valence-electron chi connectivity index (χ2n) is 4.95. The lowest BCUT2D eigenvalue weighted by Gasteiger charge is -2.11. The summed E-state index contributed by atoms with van der Waals surface area (Å²) < 4.78 is 16.3. The maximum Gasteiger partial charge on any atom is 0.243 e. The smallest absolute Gasteiger partial charge is 0.243 e. The first-order valence-electron chi connectivity index (χ1n) is 7.17. The number of amides is 1. The highest BCUT2D eigenvalue weighted by molar-refractivity contribution is 5.91. The quantitative estimate of drug-likeness (QED) is 0.829. The number of ether oxygens (including phenoxy) is 2. The van der Waals surface area contributed by atoms with E-state index in [1.807, 2.05) is 26.0 Å². The van der Waals surface area contributed by atoms with E-state index in [-0.39, 0.29) is 5.91 Å². The predicted molar refractivity (Wildman–Crippen MR) is 86.4 cm³/mol. The molecule has 0 radical (unpaired) electrons. The Morgan fingerprint density at radius 2 is 2.13 bits per heavy atom. The molecule has 2 rings (SSSR count). The standard InChI is InChI=1S/C17H20N2O4/c1-11-14(12(2)23-19-11)10-22-15-7-5-13(9-16(15)21-4)6-8-17(20)18-3/h5-9H,10H2,1-4H3,(H,18,20)/b8-6+. The summed E-state index contributed by atoms with van der Waals surface area (Å²) in [6, 6.07) is 5.47. The number of nitrogens with one attached hydrogen (secondary N) is 1. The van der Waals surface area contributed by atoms with Crippen molar-refractivity contribution in [3.05, 3.63) is 46.9 Å². The van der Waals surface area contributed by atoms with Gasteiger partial charge in [0.25, 0.3) is 0 Å². The summed E-state index contributed by atoms with van der Waals surface area (Å²) in [5.41, 5.74) is 2.58. The molecule has 1 aromatic carbocycles. The van der Waals surface area contributed by atoms with Crippen molar-refractivity contribution in [3.8, 4) is 11.5 Å². The Morgan fingerprint density at radius 1 is 1.35 bits per heavy atom. The number of hydrogen-bond donors (Lipinski definition) is 1. The fourth-order valence-corrected chi connectivity index (χ4v) is 2.02. The largest absolute Gasteiger partial charge is 0.493 e. The molecule has 1 heterocycles. The van der Waals surface area contributed by atoms with E-state index in [0.717, 1.165) is 22.6 Å². The highest BCUT2D eigenvalue weighted by Crippen LogP contribution is 2.29. The van der Waals surface area contributed by atoms with Crippen LogP contribution in [-0.2, 0) is 11.4 Å². The van der Waals surface area contributed by atoms with Gasteiger partial charge in [0.05, 0.1) is 18.4 Å². The van der Waals surface area contributed by atoms with Crippen LogP contribution < -0.4 is 14.8 Å². The Hall–Kier alpha value is -2.76. The van der Waals surface area contributed by atoms with Gasteiger partial charge in [0.15, 0.2) is 11.5 Å². The van der Waals surface area contributed by atoms with Crippen molar-refractivity contribution < 1.29 is 18.8 Å². The summed E-state index contributed by atoms with van der Waals surface area (Å²) in [6.07, 6.45) is 3.17. The first kappa shape index (κ1) is 16.6. The van der Waals surface area contributed by atoms with Gasteiger partial charge >= 0.3 is 0 Å². The molecule has 2 aromatic rings. The number of aromatic nitrogens is 1. The normalized spacial score (nSPS) is 10.8. The molecule has 0 fully saturated rings. The molecule has 0 bridgehead atoms. The number of likely N-dealkylation sites (N-methyl/N-ethyl adjacent to an activating group) is 1. The maximum absolute atomic E-state index is 11.2.